The van der Waals surface area contributed by atoms with E-state index in [1.54, 1.807) is 0 Å². The molecular formula is C16H29NS. The van der Waals surface area contributed by atoms with Crippen molar-refractivity contribution in [3.05, 3.63) is 0 Å². The van der Waals surface area contributed by atoms with E-state index in [0.29, 0.717) is 10.8 Å². The summed E-state index contributed by atoms with van der Waals surface area (Å²) in [6, 6.07) is 1.53. The van der Waals surface area contributed by atoms with Gasteiger partial charge >= 0.3 is 0 Å². The van der Waals surface area contributed by atoms with Crippen molar-refractivity contribution in [2.24, 2.45) is 16.7 Å². The summed E-state index contributed by atoms with van der Waals surface area (Å²) in [6.45, 7) is 7.58. The average molecular weight is 267 g/mol. The van der Waals surface area contributed by atoms with Gasteiger partial charge in [-0.1, -0.05) is 27.2 Å². The largest absolute Gasteiger partial charge is 0.309 e. The molecule has 0 saturated heterocycles. The van der Waals surface area contributed by atoms with E-state index in [1.807, 2.05) is 0 Å². The van der Waals surface area contributed by atoms with Crippen LogP contribution in [-0.4, -0.2) is 23.6 Å². The normalized spacial score (nSPS) is 50.0. The molecule has 0 aliphatic heterocycles. The van der Waals surface area contributed by atoms with Gasteiger partial charge in [0.1, 0.15) is 0 Å². The minimum atomic E-state index is 0.512. The minimum Gasteiger partial charge on any atom is -0.309 e. The van der Waals surface area contributed by atoms with Gasteiger partial charge in [0.05, 0.1) is 0 Å². The van der Waals surface area contributed by atoms with Crippen LogP contribution in [0, 0.1) is 16.7 Å². The highest BCUT2D eigenvalue weighted by molar-refractivity contribution is 7.99. The Morgan fingerprint density at radius 3 is 2.50 bits per heavy atom. The maximum Gasteiger partial charge on any atom is 0.0198 e. The molecule has 3 aliphatic rings. The molecule has 0 radical (unpaired) electrons. The van der Waals surface area contributed by atoms with Crippen LogP contribution < -0.4 is 5.32 Å². The second-order valence-corrected chi connectivity index (χ2v) is 8.90. The molecular weight excluding hydrogens is 238 g/mol. The molecule has 3 aliphatic carbocycles. The zero-order chi connectivity index (χ0) is 13.0. The monoisotopic (exact) mass is 267 g/mol. The first-order valence-corrected chi connectivity index (χ1v) is 9.05. The van der Waals surface area contributed by atoms with Crippen molar-refractivity contribution in [1.82, 2.24) is 5.32 Å². The van der Waals surface area contributed by atoms with E-state index in [0.717, 1.165) is 23.3 Å². The van der Waals surface area contributed by atoms with Crippen LogP contribution in [0.3, 0.4) is 0 Å². The van der Waals surface area contributed by atoms with Crippen LogP contribution in [0.1, 0.15) is 59.3 Å². The van der Waals surface area contributed by atoms with Crippen LogP contribution in [0.5, 0.6) is 0 Å². The lowest BCUT2D eigenvalue weighted by atomic mass is 9.68. The van der Waals surface area contributed by atoms with Crippen LogP contribution in [0.25, 0.3) is 0 Å². The average Bonchev–Trinajstić information content (AvgIpc) is 2.95. The first-order chi connectivity index (χ1) is 8.47. The number of rotatable bonds is 3. The fourth-order valence-electron chi connectivity index (χ4n) is 5.33. The Labute approximate surface area is 117 Å². The Morgan fingerprint density at radius 1 is 1.11 bits per heavy atom. The molecule has 0 spiro atoms. The van der Waals surface area contributed by atoms with Gasteiger partial charge in [0, 0.05) is 17.3 Å². The molecule has 0 aromatic carbocycles. The summed E-state index contributed by atoms with van der Waals surface area (Å²) in [4.78, 5) is 0. The van der Waals surface area contributed by atoms with Crippen molar-refractivity contribution in [1.29, 1.82) is 0 Å². The zero-order valence-corrected chi connectivity index (χ0v) is 13.3. The molecule has 0 heterocycles. The van der Waals surface area contributed by atoms with E-state index in [2.05, 4.69) is 44.1 Å². The van der Waals surface area contributed by atoms with Crippen molar-refractivity contribution in [3.63, 3.8) is 0 Å². The van der Waals surface area contributed by atoms with Crippen molar-refractivity contribution < 1.29 is 0 Å². The van der Waals surface area contributed by atoms with Gasteiger partial charge in [0.15, 0.2) is 0 Å². The molecule has 0 aromatic rings. The van der Waals surface area contributed by atoms with E-state index in [-0.39, 0.29) is 0 Å². The first kappa shape index (κ1) is 13.3. The predicted molar refractivity (Wildman–Crippen MR) is 81.1 cm³/mol. The molecule has 5 unspecified atom stereocenters. The van der Waals surface area contributed by atoms with Gasteiger partial charge in [-0.25, -0.2) is 0 Å². The van der Waals surface area contributed by atoms with Crippen LogP contribution in [0.2, 0.25) is 0 Å². The van der Waals surface area contributed by atoms with Crippen LogP contribution in [0.15, 0.2) is 0 Å². The summed E-state index contributed by atoms with van der Waals surface area (Å²) in [5.74, 6) is 0.967. The maximum atomic E-state index is 4.12. The molecule has 3 saturated carbocycles. The predicted octanol–water partition coefficient (Wildman–Crippen LogP) is 4.07. The summed E-state index contributed by atoms with van der Waals surface area (Å²) in [5, 5.41) is 4.98. The second kappa shape index (κ2) is 4.41. The highest BCUT2D eigenvalue weighted by atomic mass is 32.2. The fraction of sp³-hybridized carbons (Fsp3) is 1.00. The minimum absolute atomic E-state index is 0.512. The molecule has 18 heavy (non-hydrogen) atoms. The Balaban J connectivity index is 1.76. The molecule has 0 amide bonds. The summed E-state index contributed by atoms with van der Waals surface area (Å²) in [6.07, 6.45) is 10.9. The Kier molecular flexibility index (Phi) is 3.26. The molecule has 1 N–H and O–H groups in total. The Morgan fingerprint density at radius 2 is 1.89 bits per heavy atom. The summed E-state index contributed by atoms with van der Waals surface area (Å²) in [5.41, 5.74) is 1.10. The van der Waals surface area contributed by atoms with Gasteiger partial charge in [0.2, 0.25) is 0 Å². The van der Waals surface area contributed by atoms with E-state index in [1.165, 1.54) is 38.5 Å². The lowest BCUT2D eigenvalue weighted by Gasteiger charge is -2.45. The zero-order valence-electron chi connectivity index (χ0n) is 12.5. The molecule has 2 bridgehead atoms. The van der Waals surface area contributed by atoms with E-state index in [9.17, 15) is 0 Å². The number of hydrogen-bond donors (Lipinski definition) is 1. The van der Waals surface area contributed by atoms with Gasteiger partial charge < -0.3 is 5.32 Å². The van der Waals surface area contributed by atoms with Gasteiger partial charge in [-0.05, 0) is 55.1 Å². The van der Waals surface area contributed by atoms with Crippen molar-refractivity contribution in [2.75, 3.05) is 6.26 Å². The Bertz CT molecular complexity index is 322. The first-order valence-electron chi connectivity index (χ1n) is 7.76. The van der Waals surface area contributed by atoms with Gasteiger partial charge in [-0.2, -0.15) is 11.8 Å². The van der Waals surface area contributed by atoms with E-state index < -0.39 is 0 Å². The van der Waals surface area contributed by atoms with E-state index >= 15 is 0 Å². The second-order valence-electron chi connectivity index (χ2n) is 7.83. The summed E-state index contributed by atoms with van der Waals surface area (Å²) < 4.78 is 0. The maximum absolute atomic E-state index is 4.12. The summed E-state index contributed by atoms with van der Waals surface area (Å²) in [7, 11) is 0. The number of hydrogen-bond acceptors (Lipinski definition) is 2. The summed E-state index contributed by atoms with van der Waals surface area (Å²) >= 11 is 2.08. The number of fused-ring (bicyclic) bond motifs is 2. The van der Waals surface area contributed by atoms with Crippen molar-refractivity contribution >= 4 is 11.8 Å². The third kappa shape index (κ3) is 1.86. The highest BCUT2D eigenvalue weighted by Gasteiger charge is 2.59. The molecule has 5 atom stereocenters. The van der Waals surface area contributed by atoms with Crippen molar-refractivity contribution in [3.8, 4) is 0 Å². The fourth-order valence-corrected chi connectivity index (χ4v) is 6.28. The van der Waals surface area contributed by atoms with Crippen molar-refractivity contribution in [2.45, 2.75) is 76.6 Å². The third-order valence-electron chi connectivity index (χ3n) is 6.41. The molecule has 3 fully saturated rings. The lowest BCUT2D eigenvalue weighted by molar-refractivity contribution is 0.0994. The molecule has 2 heteroatoms. The van der Waals surface area contributed by atoms with Crippen LogP contribution in [-0.2, 0) is 0 Å². The number of thioether (sulfide) groups is 1. The molecule has 3 rings (SSSR count). The van der Waals surface area contributed by atoms with Crippen LogP contribution >= 0.6 is 11.8 Å². The molecule has 0 aromatic heterocycles. The topological polar surface area (TPSA) is 12.0 Å². The molecule has 1 nitrogen and oxygen atoms in total. The Hall–Kier alpha value is 0.310. The van der Waals surface area contributed by atoms with Gasteiger partial charge in [0.25, 0.3) is 0 Å². The quantitative estimate of drug-likeness (QED) is 0.827. The van der Waals surface area contributed by atoms with Gasteiger partial charge in [-0.3, -0.25) is 0 Å². The highest BCUT2D eigenvalue weighted by Crippen LogP contribution is 2.62. The smallest absolute Gasteiger partial charge is 0.0198 e. The standard InChI is InChI=1S/C16H29NS/c1-15(2)11-8-9-16(3,10-11)14(15)17-12-6-5-7-13(12)18-4/h11-14,17H,5-10H2,1-4H3. The lowest BCUT2D eigenvalue weighted by Crippen LogP contribution is -2.54. The number of nitrogens with one attached hydrogen (secondary N) is 1. The SMILES string of the molecule is CSC1CCCC1NC1C2(C)CCC(C2)C1(C)C. The van der Waals surface area contributed by atoms with E-state index in [4.69, 9.17) is 0 Å². The third-order valence-corrected chi connectivity index (χ3v) is 7.58. The molecule has 104 valence electrons. The van der Waals surface area contributed by atoms with Gasteiger partial charge in [-0.15, -0.1) is 0 Å². The van der Waals surface area contributed by atoms with Crippen LogP contribution in [0.4, 0.5) is 0 Å².